The largest absolute Gasteiger partial charge is 0.481 e. The molecule has 2 N–H and O–H groups in total. The van der Waals surface area contributed by atoms with E-state index in [0.29, 0.717) is 25.9 Å². The van der Waals surface area contributed by atoms with Crippen LogP contribution in [0.5, 0.6) is 0 Å². The van der Waals surface area contributed by atoms with E-state index < -0.39 is 11.4 Å². The smallest absolute Gasteiger partial charge is 0.311 e. The fraction of sp³-hybridized carbons (Fsp3) is 0.769. The summed E-state index contributed by atoms with van der Waals surface area (Å²) in [6, 6.07) is 0. The SMILES string of the molecule is CCN1CC(C(=O)NCC2(C(=O)O)CCC2)CC1=O. The van der Waals surface area contributed by atoms with E-state index in [-0.39, 0.29) is 30.7 Å². The van der Waals surface area contributed by atoms with Gasteiger partial charge in [0.2, 0.25) is 11.8 Å². The van der Waals surface area contributed by atoms with Crippen molar-refractivity contribution < 1.29 is 19.5 Å². The van der Waals surface area contributed by atoms with E-state index >= 15 is 0 Å². The second kappa shape index (κ2) is 5.19. The van der Waals surface area contributed by atoms with Gasteiger partial charge in [-0.25, -0.2) is 0 Å². The average molecular weight is 268 g/mol. The molecule has 0 bridgehead atoms. The Morgan fingerprint density at radius 3 is 2.58 bits per heavy atom. The van der Waals surface area contributed by atoms with E-state index in [0.717, 1.165) is 6.42 Å². The fourth-order valence-electron chi connectivity index (χ4n) is 2.72. The average Bonchev–Trinajstić information content (AvgIpc) is 2.68. The van der Waals surface area contributed by atoms with Crippen LogP contribution in [-0.2, 0) is 14.4 Å². The van der Waals surface area contributed by atoms with Crippen molar-refractivity contribution in [3.63, 3.8) is 0 Å². The van der Waals surface area contributed by atoms with Crippen LogP contribution in [0.2, 0.25) is 0 Å². The quantitative estimate of drug-likeness (QED) is 0.747. The monoisotopic (exact) mass is 268 g/mol. The van der Waals surface area contributed by atoms with E-state index in [2.05, 4.69) is 5.32 Å². The molecule has 1 unspecified atom stereocenters. The van der Waals surface area contributed by atoms with Crippen molar-refractivity contribution in [3.8, 4) is 0 Å². The van der Waals surface area contributed by atoms with Crippen LogP contribution in [-0.4, -0.2) is 47.4 Å². The zero-order valence-corrected chi connectivity index (χ0v) is 11.1. The number of amides is 2. The minimum atomic E-state index is -0.836. The first-order valence-corrected chi connectivity index (χ1v) is 6.77. The molecule has 1 atom stereocenters. The van der Waals surface area contributed by atoms with E-state index in [1.54, 1.807) is 4.90 Å². The molecule has 2 fully saturated rings. The van der Waals surface area contributed by atoms with Crippen LogP contribution in [0.1, 0.15) is 32.6 Å². The molecule has 6 nitrogen and oxygen atoms in total. The lowest BCUT2D eigenvalue weighted by molar-refractivity contribution is -0.154. The molecule has 2 aliphatic rings. The molecule has 2 amide bonds. The molecule has 106 valence electrons. The summed E-state index contributed by atoms with van der Waals surface area (Å²) in [5.74, 6) is -1.37. The summed E-state index contributed by atoms with van der Waals surface area (Å²) in [6.45, 7) is 3.12. The number of carbonyl (C=O) groups is 3. The summed E-state index contributed by atoms with van der Waals surface area (Å²) in [6.07, 6.45) is 2.37. The second-order valence-corrected chi connectivity index (χ2v) is 5.49. The minimum Gasteiger partial charge on any atom is -0.481 e. The number of hydrogen-bond acceptors (Lipinski definition) is 3. The Kier molecular flexibility index (Phi) is 3.78. The van der Waals surface area contributed by atoms with Gasteiger partial charge in [-0.05, 0) is 19.8 Å². The predicted molar refractivity (Wildman–Crippen MR) is 67.3 cm³/mol. The first-order chi connectivity index (χ1) is 8.98. The van der Waals surface area contributed by atoms with Crippen molar-refractivity contribution in [2.24, 2.45) is 11.3 Å². The molecule has 1 heterocycles. The lowest BCUT2D eigenvalue weighted by Crippen LogP contribution is -2.48. The summed E-state index contributed by atoms with van der Waals surface area (Å²) in [5, 5.41) is 11.9. The van der Waals surface area contributed by atoms with Gasteiger partial charge in [-0.15, -0.1) is 0 Å². The Morgan fingerprint density at radius 1 is 1.47 bits per heavy atom. The number of rotatable bonds is 5. The number of nitrogens with zero attached hydrogens (tertiary/aromatic N) is 1. The van der Waals surface area contributed by atoms with Gasteiger partial charge in [0.05, 0.1) is 11.3 Å². The third-order valence-electron chi connectivity index (χ3n) is 4.33. The molecule has 0 spiro atoms. The van der Waals surface area contributed by atoms with E-state index in [9.17, 15) is 19.5 Å². The zero-order valence-electron chi connectivity index (χ0n) is 11.1. The number of nitrogens with one attached hydrogen (secondary N) is 1. The standard InChI is InChI=1S/C13H20N2O4/c1-2-15-7-9(6-10(15)16)11(17)14-8-13(12(18)19)4-3-5-13/h9H,2-8H2,1H3,(H,14,17)(H,18,19). The molecule has 1 saturated heterocycles. The highest BCUT2D eigenvalue weighted by Crippen LogP contribution is 2.40. The molecule has 1 aliphatic heterocycles. The Morgan fingerprint density at radius 2 is 2.16 bits per heavy atom. The molecule has 6 heteroatoms. The number of hydrogen-bond donors (Lipinski definition) is 2. The Labute approximate surface area is 112 Å². The second-order valence-electron chi connectivity index (χ2n) is 5.49. The Balaban J connectivity index is 1.85. The third-order valence-corrected chi connectivity index (χ3v) is 4.33. The molecular weight excluding hydrogens is 248 g/mol. The van der Waals surface area contributed by atoms with Crippen LogP contribution in [0, 0.1) is 11.3 Å². The van der Waals surface area contributed by atoms with Gasteiger partial charge >= 0.3 is 5.97 Å². The number of carboxylic acids is 1. The highest BCUT2D eigenvalue weighted by molar-refractivity contribution is 5.89. The van der Waals surface area contributed by atoms with E-state index in [1.807, 2.05) is 6.92 Å². The van der Waals surface area contributed by atoms with Gasteiger partial charge in [-0.3, -0.25) is 14.4 Å². The molecule has 2 rings (SSSR count). The van der Waals surface area contributed by atoms with Crippen LogP contribution in [0.4, 0.5) is 0 Å². The maximum absolute atomic E-state index is 12.0. The summed E-state index contributed by atoms with van der Waals surface area (Å²) >= 11 is 0. The molecular formula is C13H20N2O4. The summed E-state index contributed by atoms with van der Waals surface area (Å²) in [5.41, 5.74) is -0.775. The topological polar surface area (TPSA) is 86.7 Å². The Hall–Kier alpha value is -1.59. The molecule has 0 aromatic heterocycles. The number of carboxylic acid groups (broad SMARTS) is 1. The number of likely N-dealkylation sites (tertiary alicyclic amines) is 1. The first kappa shape index (κ1) is 13.8. The van der Waals surface area contributed by atoms with Crippen LogP contribution < -0.4 is 5.32 Å². The highest BCUT2D eigenvalue weighted by atomic mass is 16.4. The van der Waals surface area contributed by atoms with Gasteiger partial charge in [-0.1, -0.05) is 6.42 Å². The molecule has 0 aromatic carbocycles. The molecule has 1 saturated carbocycles. The van der Waals surface area contributed by atoms with E-state index in [1.165, 1.54) is 0 Å². The lowest BCUT2D eigenvalue weighted by atomic mass is 9.68. The van der Waals surface area contributed by atoms with Crippen LogP contribution in [0.15, 0.2) is 0 Å². The van der Waals surface area contributed by atoms with Gasteiger partial charge in [0, 0.05) is 26.1 Å². The van der Waals surface area contributed by atoms with Crippen LogP contribution >= 0.6 is 0 Å². The highest BCUT2D eigenvalue weighted by Gasteiger charge is 2.45. The van der Waals surface area contributed by atoms with Crippen LogP contribution in [0.25, 0.3) is 0 Å². The fourth-order valence-corrected chi connectivity index (χ4v) is 2.72. The summed E-state index contributed by atoms with van der Waals surface area (Å²) in [4.78, 5) is 36.4. The molecule has 0 radical (unpaired) electrons. The Bertz CT molecular complexity index is 403. The van der Waals surface area contributed by atoms with Crippen molar-refractivity contribution in [3.05, 3.63) is 0 Å². The minimum absolute atomic E-state index is 0.000702. The maximum Gasteiger partial charge on any atom is 0.311 e. The van der Waals surface area contributed by atoms with Crippen molar-refractivity contribution in [1.29, 1.82) is 0 Å². The molecule has 19 heavy (non-hydrogen) atoms. The third kappa shape index (κ3) is 2.57. The maximum atomic E-state index is 12.0. The predicted octanol–water partition coefficient (Wildman–Crippen LogP) is 0.226. The summed E-state index contributed by atoms with van der Waals surface area (Å²) in [7, 11) is 0. The zero-order chi connectivity index (χ0) is 14.0. The van der Waals surface area contributed by atoms with E-state index in [4.69, 9.17) is 0 Å². The number of aliphatic carboxylic acids is 1. The van der Waals surface area contributed by atoms with Crippen molar-refractivity contribution in [1.82, 2.24) is 10.2 Å². The van der Waals surface area contributed by atoms with Crippen LogP contribution in [0.3, 0.4) is 0 Å². The summed E-state index contributed by atoms with van der Waals surface area (Å²) < 4.78 is 0. The lowest BCUT2D eigenvalue weighted by Gasteiger charge is -2.37. The van der Waals surface area contributed by atoms with Gasteiger partial charge in [0.1, 0.15) is 0 Å². The molecule has 1 aliphatic carbocycles. The van der Waals surface area contributed by atoms with Crippen molar-refractivity contribution >= 4 is 17.8 Å². The van der Waals surface area contributed by atoms with Gasteiger partial charge in [-0.2, -0.15) is 0 Å². The van der Waals surface area contributed by atoms with Crippen molar-refractivity contribution in [2.75, 3.05) is 19.6 Å². The molecule has 0 aromatic rings. The number of carbonyl (C=O) groups excluding carboxylic acids is 2. The van der Waals surface area contributed by atoms with Gasteiger partial charge in [0.25, 0.3) is 0 Å². The first-order valence-electron chi connectivity index (χ1n) is 6.77. The normalized spacial score (nSPS) is 25.0. The van der Waals surface area contributed by atoms with Gasteiger partial charge < -0.3 is 15.3 Å². The van der Waals surface area contributed by atoms with Gasteiger partial charge in [0.15, 0.2) is 0 Å². The van der Waals surface area contributed by atoms with Crippen molar-refractivity contribution in [2.45, 2.75) is 32.6 Å².